The number of aliphatic hydroxyl groups excluding tert-OH is 1. The van der Waals surface area contributed by atoms with Crippen LogP contribution in [0.3, 0.4) is 0 Å². The summed E-state index contributed by atoms with van der Waals surface area (Å²) in [5, 5.41) is 16.1. The van der Waals surface area contributed by atoms with Gasteiger partial charge in [0.25, 0.3) is 0 Å². The fraction of sp³-hybridized carbons (Fsp3) is 0.733. The van der Waals surface area contributed by atoms with Gasteiger partial charge in [0, 0.05) is 17.8 Å². The van der Waals surface area contributed by atoms with Gasteiger partial charge in [-0.15, -0.1) is 0 Å². The molecule has 0 bridgehead atoms. The molecule has 0 aliphatic heterocycles. The number of alkyl halides is 3. The lowest BCUT2D eigenvalue weighted by Crippen LogP contribution is -2.31. The lowest BCUT2D eigenvalue weighted by Gasteiger charge is -2.15. The predicted molar refractivity (Wildman–Crippen MR) is 80.1 cm³/mol. The molecule has 0 aromatic carbocycles. The zero-order chi connectivity index (χ0) is 17.8. The Labute approximate surface area is 133 Å². The number of nitrogens with one attached hydrogen (secondary N) is 1. The monoisotopic (exact) mass is 335 g/mol. The van der Waals surface area contributed by atoms with E-state index < -0.39 is 24.7 Å². The predicted octanol–water partition coefficient (Wildman–Crippen LogP) is 2.44. The van der Waals surface area contributed by atoms with Crippen molar-refractivity contribution < 1.29 is 23.1 Å². The molecule has 2 unspecified atom stereocenters. The SMILES string of the molecule is CCC(O)CCNC(=O)C(C)c1c(C)nn(CC(F)(F)F)c1C. The Kier molecular flexibility index (Phi) is 6.61. The molecule has 1 amide bonds. The van der Waals surface area contributed by atoms with Crippen LogP contribution in [-0.4, -0.2) is 39.6 Å². The topological polar surface area (TPSA) is 67.2 Å². The van der Waals surface area contributed by atoms with Crippen LogP contribution in [0, 0.1) is 13.8 Å². The first-order valence-electron chi connectivity index (χ1n) is 7.63. The molecule has 5 nitrogen and oxygen atoms in total. The maximum atomic E-state index is 12.5. The van der Waals surface area contributed by atoms with Gasteiger partial charge in [-0.2, -0.15) is 18.3 Å². The van der Waals surface area contributed by atoms with Crippen LogP contribution >= 0.6 is 0 Å². The van der Waals surface area contributed by atoms with Gasteiger partial charge in [0.15, 0.2) is 0 Å². The molecule has 0 fully saturated rings. The summed E-state index contributed by atoms with van der Waals surface area (Å²) in [6.07, 6.45) is -3.78. The number of carbonyl (C=O) groups excluding carboxylic acids is 1. The van der Waals surface area contributed by atoms with E-state index in [4.69, 9.17) is 0 Å². The number of aliphatic hydroxyl groups is 1. The highest BCUT2D eigenvalue weighted by Gasteiger charge is 2.31. The second kappa shape index (κ2) is 7.81. The first-order valence-corrected chi connectivity index (χ1v) is 7.63. The number of carbonyl (C=O) groups is 1. The Balaban J connectivity index is 2.79. The normalized spacial score (nSPS) is 14.6. The van der Waals surface area contributed by atoms with Crippen molar-refractivity contribution in [1.29, 1.82) is 0 Å². The lowest BCUT2D eigenvalue weighted by atomic mass is 9.98. The van der Waals surface area contributed by atoms with E-state index in [-0.39, 0.29) is 5.91 Å². The lowest BCUT2D eigenvalue weighted by molar-refractivity contribution is -0.143. The van der Waals surface area contributed by atoms with Crippen molar-refractivity contribution in [2.75, 3.05) is 6.54 Å². The fourth-order valence-electron chi connectivity index (χ4n) is 2.51. The van der Waals surface area contributed by atoms with Gasteiger partial charge in [-0.3, -0.25) is 9.48 Å². The summed E-state index contributed by atoms with van der Waals surface area (Å²) in [5.74, 6) is -0.887. The van der Waals surface area contributed by atoms with E-state index in [1.165, 1.54) is 6.92 Å². The molecule has 1 aromatic heterocycles. The van der Waals surface area contributed by atoms with Crippen molar-refractivity contribution in [3.8, 4) is 0 Å². The minimum atomic E-state index is -4.36. The summed E-state index contributed by atoms with van der Waals surface area (Å²) >= 11 is 0. The quantitative estimate of drug-likeness (QED) is 0.804. The van der Waals surface area contributed by atoms with Crippen LogP contribution in [-0.2, 0) is 11.3 Å². The van der Waals surface area contributed by atoms with E-state index in [0.29, 0.717) is 36.3 Å². The largest absolute Gasteiger partial charge is 0.408 e. The number of aryl methyl sites for hydroxylation is 1. The summed E-state index contributed by atoms with van der Waals surface area (Å²) < 4.78 is 38.5. The molecule has 132 valence electrons. The third-order valence-corrected chi connectivity index (χ3v) is 3.84. The molecule has 2 atom stereocenters. The average Bonchev–Trinajstić information content (AvgIpc) is 2.70. The van der Waals surface area contributed by atoms with Gasteiger partial charge in [0.05, 0.1) is 17.7 Å². The Morgan fingerprint density at radius 2 is 2.00 bits per heavy atom. The van der Waals surface area contributed by atoms with Crippen LogP contribution in [0.15, 0.2) is 0 Å². The van der Waals surface area contributed by atoms with Gasteiger partial charge in [-0.1, -0.05) is 6.92 Å². The smallest absolute Gasteiger partial charge is 0.393 e. The average molecular weight is 335 g/mol. The molecule has 0 radical (unpaired) electrons. The number of hydrogen-bond acceptors (Lipinski definition) is 3. The van der Waals surface area contributed by atoms with Gasteiger partial charge in [-0.25, -0.2) is 0 Å². The zero-order valence-electron chi connectivity index (χ0n) is 13.9. The van der Waals surface area contributed by atoms with Crippen LogP contribution in [0.4, 0.5) is 13.2 Å². The first-order chi connectivity index (χ1) is 10.6. The first kappa shape index (κ1) is 19.5. The summed E-state index contributed by atoms with van der Waals surface area (Å²) in [6.45, 7) is 5.77. The molecule has 1 aromatic rings. The van der Waals surface area contributed by atoms with Crippen LogP contribution in [0.2, 0.25) is 0 Å². The van der Waals surface area contributed by atoms with Crippen LogP contribution in [0.1, 0.15) is 49.6 Å². The van der Waals surface area contributed by atoms with E-state index in [1.54, 1.807) is 13.8 Å². The Bertz CT molecular complexity index is 541. The zero-order valence-corrected chi connectivity index (χ0v) is 13.9. The van der Waals surface area contributed by atoms with E-state index >= 15 is 0 Å². The number of amides is 1. The highest BCUT2D eigenvalue weighted by molar-refractivity contribution is 5.83. The van der Waals surface area contributed by atoms with Crippen molar-refractivity contribution in [2.24, 2.45) is 0 Å². The Morgan fingerprint density at radius 1 is 1.39 bits per heavy atom. The van der Waals surface area contributed by atoms with Gasteiger partial charge < -0.3 is 10.4 Å². The molecule has 0 aliphatic rings. The van der Waals surface area contributed by atoms with Crippen LogP contribution in [0.25, 0.3) is 0 Å². The van der Waals surface area contributed by atoms with E-state index in [2.05, 4.69) is 10.4 Å². The van der Waals surface area contributed by atoms with E-state index in [0.717, 1.165) is 4.68 Å². The van der Waals surface area contributed by atoms with Gasteiger partial charge in [-0.05, 0) is 33.6 Å². The second-order valence-corrected chi connectivity index (χ2v) is 5.72. The minimum Gasteiger partial charge on any atom is -0.393 e. The molecule has 0 aliphatic carbocycles. The maximum absolute atomic E-state index is 12.5. The number of halogens is 3. The molecule has 8 heteroatoms. The maximum Gasteiger partial charge on any atom is 0.408 e. The number of nitrogens with zero attached hydrogens (tertiary/aromatic N) is 2. The number of rotatable bonds is 7. The van der Waals surface area contributed by atoms with Crippen molar-refractivity contribution in [1.82, 2.24) is 15.1 Å². The highest BCUT2D eigenvalue weighted by Crippen LogP contribution is 2.26. The van der Waals surface area contributed by atoms with Crippen molar-refractivity contribution in [3.05, 3.63) is 17.0 Å². The van der Waals surface area contributed by atoms with Crippen molar-refractivity contribution in [3.63, 3.8) is 0 Å². The second-order valence-electron chi connectivity index (χ2n) is 5.72. The molecule has 1 rings (SSSR count). The summed E-state index contributed by atoms with van der Waals surface area (Å²) in [4.78, 5) is 12.2. The molecule has 2 N–H and O–H groups in total. The van der Waals surface area contributed by atoms with Gasteiger partial charge in [0.2, 0.25) is 5.91 Å². The van der Waals surface area contributed by atoms with Gasteiger partial charge in [0.1, 0.15) is 6.54 Å². The molecule has 23 heavy (non-hydrogen) atoms. The summed E-state index contributed by atoms with van der Waals surface area (Å²) in [7, 11) is 0. The molecule has 0 saturated heterocycles. The fourth-order valence-corrected chi connectivity index (χ4v) is 2.51. The van der Waals surface area contributed by atoms with Crippen LogP contribution in [0.5, 0.6) is 0 Å². The van der Waals surface area contributed by atoms with Gasteiger partial charge >= 0.3 is 6.18 Å². The number of hydrogen-bond donors (Lipinski definition) is 2. The standard InChI is InChI=1S/C15H24F3N3O2/c1-5-12(22)6-7-19-14(23)9(2)13-10(3)20-21(11(13)4)8-15(16,17)18/h9,12,22H,5-8H2,1-4H3,(H,19,23). The molecule has 0 saturated carbocycles. The van der Waals surface area contributed by atoms with Crippen molar-refractivity contribution >= 4 is 5.91 Å². The molecular weight excluding hydrogens is 311 g/mol. The van der Waals surface area contributed by atoms with Crippen LogP contribution < -0.4 is 5.32 Å². The third kappa shape index (κ3) is 5.53. The Morgan fingerprint density at radius 3 is 2.52 bits per heavy atom. The van der Waals surface area contributed by atoms with Crippen molar-refractivity contribution in [2.45, 2.75) is 65.3 Å². The molecule has 0 spiro atoms. The molecule has 1 heterocycles. The highest BCUT2D eigenvalue weighted by atomic mass is 19.4. The number of aromatic nitrogens is 2. The minimum absolute atomic E-state index is 0.286. The Hall–Kier alpha value is -1.57. The third-order valence-electron chi connectivity index (χ3n) is 3.84. The summed E-state index contributed by atoms with van der Waals surface area (Å²) in [5.41, 5.74) is 1.28. The van der Waals surface area contributed by atoms with E-state index in [1.807, 2.05) is 6.92 Å². The molecular formula is C15H24F3N3O2. The summed E-state index contributed by atoms with van der Waals surface area (Å²) in [6, 6.07) is 0. The van der Waals surface area contributed by atoms with E-state index in [9.17, 15) is 23.1 Å².